The Hall–Kier alpha value is -14.1. The average Bonchev–Trinajstić information content (AvgIpc) is 0.780. The number of halogens is 17. The number of aromatic nitrogens is 5. The molecule has 21 nitrogen and oxygen atoms in total. The third-order valence-corrected chi connectivity index (χ3v) is 22.1. The molecular weight excluding hydrogens is 1830 g/mol. The van der Waals surface area contributed by atoms with Crippen LogP contribution >= 0.6 is 34.8 Å². The van der Waals surface area contributed by atoms with Crippen LogP contribution in [0.4, 0.5) is 78.5 Å². The molecule has 690 valence electrons. The van der Waals surface area contributed by atoms with Crippen molar-refractivity contribution < 1.29 is 104 Å². The normalized spacial score (nSPS) is 12.7. The Labute approximate surface area is 765 Å². The van der Waals surface area contributed by atoms with E-state index < -0.39 is 166 Å². The molecule has 0 radical (unpaired) electrons. The fraction of sp³-hybridized carbons (Fsp3) is 0.221. The molecular formula is C95H77Cl3F14N12O9. The highest BCUT2D eigenvalue weighted by atomic mass is 35.5. The van der Waals surface area contributed by atoms with Gasteiger partial charge in [-0.25, -0.2) is 49.5 Å². The predicted octanol–water partition coefficient (Wildman–Crippen LogP) is 21.2. The van der Waals surface area contributed by atoms with Crippen LogP contribution in [-0.2, 0) is 47.9 Å². The number of hydrogen-bond acceptors (Lipinski definition) is 18. The van der Waals surface area contributed by atoms with Gasteiger partial charge in [0, 0.05) is 110 Å². The van der Waals surface area contributed by atoms with Crippen LogP contribution in [0.25, 0.3) is 66.4 Å². The number of nitrogens with one attached hydrogen (secondary N) is 6. The molecule has 13 aromatic rings. The summed E-state index contributed by atoms with van der Waals surface area (Å²) in [6.45, 7) is 6.16. The molecule has 0 aliphatic carbocycles. The number of carbonyl (C=O) groups excluding carboxylic acids is 6. The van der Waals surface area contributed by atoms with Gasteiger partial charge in [-0.1, -0.05) is 140 Å². The molecule has 0 bridgehead atoms. The number of hydrogen-bond donors (Lipinski definition) is 6. The molecule has 38 heteroatoms. The summed E-state index contributed by atoms with van der Waals surface area (Å²) in [6.07, 6.45) is -7.14. The third kappa shape index (κ3) is 23.8. The van der Waals surface area contributed by atoms with Crippen LogP contribution in [0.1, 0.15) is 103 Å². The van der Waals surface area contributed by atoms with Crippen molar-refractivity contribution in [2.45, 2.75) is 115 Å². The second-order valence-electron chi connectivity index (χ2n) is 29.8. The van der Waals surface area contributed by atoms with E-state index in [1.165, 1.54) is 32.0 Å². The number of nitriles is 1. The number of carbonyl (C=O) groups is 6. The van der Waals surface area contributed by atoms with E-state index >= 15 is 8.78 Å². The van der Waals surface area contributed by atoms with Crippen LogP contribution in [0.5, 0.6) is 0 Å². The molecule has 0 saturated carbocycles. The topological polar surface area (TPSA) is 291 Å². The van der Waals surface area contributed by atoms with E-state index in [9.17, 15) is 86.7 Å². The molecule has 0 spiro atoms. The zero-order valence-electron chi connectivity index (χ0n) is 70.9. The number of anilines is 3. The standard InChI is InChI=1S/C35H25ClF4N4O3.2C30H26ClF5N4O3/c1-47-35(46)29(15-21-10-12-25(32-23(21)8-5-13-42-32)24-11-9-19(18-41)14-26(24)36)44-34(45)30-27(37)16-22(17-28(30)38)43-31(33(39)40)20-6-3-2-4-7-20;1-4-24(30(34,35)36)39-17-13-21(32)25(22(33)14-17)28(41)40-23(29(42)43-3)12-16-8-9-19(26-18(16)6-5-11-37-26)27-20(31)10-7-15(2)38-27;1-4-23(30(34,35)36)39-17-13-20(32)24(21(33)14-17)28(41)40-22(29(42)43-3)12-16-7-8-19(26-18(16)6-5-10-37-26)27-25(31)15(2)9-11-38-27/h2-14,16-17,29,31,33,43H,15H2,1H3,(H,44,45);5-11,13-14,23-24,39H,4,12H2,1-3H3,(H,40,41);5-11,13-14,22-23,39H,4,12H2,1-3H3,(H,40,41)/t29-,31+;23-,24+;22-,23+/m000/s1. The molecule has 133 heavy (non-hydrogen) atoms. The number of benzene rings is 8. The molecule has 5 aromatic heterocycles. The summed E-state index contributed by atoms with van der Waals surface area (Å²) in [6, 6.07) is 34.2. The van der Waals surface area contributed by atoms with Crippen molar-refractivity contribution in [1.82, 2.24) is 40.9 Å². The number of nitrogens with zero attached hydrogens (tertiary/aromatic N) is 6. The Morgan fingerprint density at radius 2 is 0.805 bits per heavy atom. The third-order valence-electron chi connectivity index (χ3n) is 21.0. The first-order valence-electron chi connectivity index (χ1n) is 40.2. The minimum absolute atomic E-state index is 0.141. The largest absolute Gasteiger partial charge is 0.467 e. The summed E-state index contributed by atoms with van der Waals surface area (Å²) in [5.74, 6) is -14.8. The monoisotopic (exact) mass is 1900 g/mol. The summed E-state index contributed by atoms with van der Waals surface area (Å²) in [5, 5.41) is 25.6. The Morgan fingerprint density at radius 1 is 0.429 bits per heavy atom. The summed E-state index contributed by atoms with van der Waals surface area (Å²) < 4.78 is 211. The van der Waals surface area contributed by atoms with Gasteiger partial charge in [-0.05, 0) is 139 Å². The van der Waals surface area contributed by atoms with Gasteiger partial charge in [0.15, 0.2) is 0 Å². The van der Waals surface area contributed by atoms with Gasteiger partial charge in [0.1, 0.15) is 87.8 Å². The number of rotatable bonds is 28. The molecule has 6 atom stereocenters. The van der Waals surface area contributed by atoms with Crippen LogP contribution in [0.3, 0.4) is 0 Å². The van der Waals surface area contributed by atoms with Crippen molar-refractivity contribution in [3.8, 4) is 39.7 Å². The molecule has 0 aliphatic rings. The Bertz CT molecular complexity index is 6340. The van der Waals surface area contributed by atoms with E-state index in [4.69, 9.17) is 49.0 Å². The Morgan fingerprint density at radius 3 is 1.17 bits per heavy atom. The van der Waals surface area contributed by atoms with Gasteiger partial charge in [0.2, 0.25) is 0 Å². The first-order valence-corrected chi connectivity index (χ1v) is 41.4. The van der Waals surface area contributed by atoms with Crippen molar-refractivity contribution in [1.29, 1.82) is 5.26 Å². The van der Waals surface area contributed by atoms with Crippen LogP contribution in [-0.4, -0.2) is 131 Å². The molecule has 5 heterocycles. The molecule has 0 unspecified atom stereocenters. The Kier molecular flexibility index (Phi) is 32.7. The average molecular weight is 1900 g/mol. The van der Waals surface area contributed by atoms with E-state index in [1.54, 1.807) is 146 Å². The number of esters is 3. The summed E-state index contributed by atoms with van der Waals surface area (Å²) in [4.78, 5) is 99.6. The van der Waals surface area contributed by atoms with E-state index in [0.29, 0.717) is 128 Å². The minimum Gasteiger partial charge on any atom is -0.467 e. The van der Waals surface area contributed by atoms with Crippen LogP contribution in [0.15, 0.2) is 201 Å². The lowest BCUT2D eigenvalue weighted by Crippen LogP contribution is -2.43. The Balaban J connectivity index is 0.000000192. The van der Waals surface area contributed by atoms with E-state index in [-0.39, 0.29) is 30.5 Å². The fourth-order valence-corrected chi connectivity index (χ4v) is 15.1. The molecule has 0 fully saturated rings. The zero-order chi connectivity index (χ0) is 96.6. The smallest absolute Gasteiger partial charge is 0.408 e. The molecule has 13 rings (SSSR count). The maximum atomic E-state index is 15.2. The van der Waals surface area contributed by atoms with Gasteiger partial charge in [0.05, 0.1) is 70.9 Å². The van der Waals surface area contributed by atoms with Crippen molar-refractivity contribution in [3.63, 3.8) is 0 Å². The lowest BCUT2D eigenvalue weighted by Gasteiger charge is -2.22. The summed E-state index contributed by atoms with van der Waals surface area (Å²) >= 11 is 19.4. The number of ether oxygens (including phenoxy) is 3. The van der Waals surface area contributed by atoms with Gasteiger partial charge >= 0.3 is 30.3 Å². The zero-order valence-corrected chi connectivity index (χ0v) is 73.2. The van der Waals surface area contributed by atoms with Crippen molar-refractivity contribution in [3.05, 3.63) is 306 Å². The van der Waals surface area contributed by atoms with Crippen molar-refractivity contribution in [2.75, 3.05) is 37.3 Å². The molecule has 6 N–H and O–H groups in total. The lowest BCUT2D eigenvalue weighted by molar-refractivity contribution is -0.143. The van der Waals surface area contributed by atoms with Gasteiger partial charge in [-0.15, -0.1) is 0 Å². The number of pyridine rings is 5. The predicted molar refractivity (Wildman–Crippen MR) is 473 cm³/mol. The maximum absolute atomic E-state index is 15.2. The van der Waals surface area contributed by atoms with Crippen LogP contribution < -0.4 is 31.9 Å². The van der Waals surface area contributed by atoms with Crippen molar-refractivity contribution >= 4 is 120 Å². The number of aryl methyl sites for hydroxylation is 2. The fourth-order valence-electron chi connectivity index (χ4n) is 14.4. The highest BCUT2D eigenvalue weighted by molar-refractivity contribution is 6.35. The molecule has 0 saturated heterocycles. The van der Waals surface area contributed by atoms with Gasteiger partial charge in [-0.2, -0.15) is 31.6 Å². The minimum atomic E-state index is -4.66. The first kappa shape index (κ1) is 99.5. The van der Waals surface area contributed by atoms with Crippen molar-refractivity contribution in [2.24, 2.45) is 0 Å². The first-order chi connectivity index (χ1) is 63.3. The maximum Gasteiger partial charge on any atom is 0.408 e. The van der Waals surface area contributed by atoms with Gasteiger partial charge < -0.3 is 46.1 Å². The number of fused-ring (bicyclic) bond motifs is 3. The highest BCUT2D eigenvalue weighted by Gasteiger charge is 2.41. The summed E-state index contributed by atoms with van der Waals surface area (Å²) in [5.41, 5.74) is 4.38. The van der Waals surface area contributed by atoms with Crippen LogP contribution in [0, 0.1) is 60.1 Å². The molecule has 0 aliphatic heterocycles. The van der Waals surface area contributed by atoms with E-state index in [0.717, 1.165) is 44.7 Å². The SMILES string of the molecule is CC[C@@H](Nc1cc(F)c(C(=O)N[C@@H](Cc2ccc(-c3nc(C)ccc3Cl)c3ncccc23)C(=O)OC)c(F)c1)C(F)(F)F.CC[C@@H](Nc1cc(F)c(C(=O)N[C@@H](Cc2ccc(-c3nccc(C)c3Cl)c3ncccc23)C(=O)OC)c(F)c1)C(F)(F)F.COC(=O)[C@H](Cc1ccc(-c2ccc(C#N)cc2Cl)c2ncccc12)NC(=O)c1c(F)cc(N[C@H](c2ccccc2)C(F)F)cc1F. The molecule has 3 amide bonds. The van der Waals surface area contributed by atoms with E-state index in [2.05, 4.69) is 46.2 Å². The van der Waals surface area contributed by atoms with E-state index in [1.807, 2.05) is 30.6 Å². The van der Waals surface area contributed by atoms with Gasteiger partial charge in [-0.3, -0.25) is 39.3 Å². The lowest BCUT2D eigenvalue weighted by atomic mass is 9.94. The number of amides is 3. The summed E-state index contributed by atoms with van der Waals surface area (Å²) in [7, 11) is 3.27. The quantitative estimate of drug-likeness (QED) is 0.0151. The number of alkyl halides is 8. The number of methoxy groups -OCH3 is 3. The second-order valence-corrected chi connectivity index (χ2v) is 31.0. The van der Waals surface area contributed by atoms with Gasteiger partial charge in [0.25, 0.3) is 24.1 Å². The highest BCUT2D eigenvalue weighted by Crippen LogP contribution is 2.40. The second kappa shape index (κ2) is 43.7. The molecule has 8 aromatic carbocycles. The van der Waals surface area contributed by atoms with Crippen LogP contribution in [0.2, 0.25) is 15.1 Å².